The normalized spacial score (nSPS) is 12.6. The second kappa shape index (κ2) is 6.25. The number of carbonyl (C=O) groups is 1. The molecule has 6 heteroatoms. The zero-order valence-electron chi connectivity index (χ0n) is 14.4. The van der Waals surface area contributed by atoms with Crippen LogP contribution in [0.2, 0.25) is 0 Å². The molecule has 0 aliphatic carbocycles. The first-order valence-corrected chi connectivity index (χ1v) is 8.74. The predicted molar refractivity (Wildman–Crippen MR) is 102 cm³/mol. The first-order chi connectivity index (χ1) is 13.3. The van der Waals surface area contributed by atoms with Gasteiger partial charge < -0.3 is 9.40 Å². The van der Waals surface area contributed by atoms with Crippen molar-refractivity contribution in [3.05, 3.63) is 84.4 Å². The van der Waals surface area contributed by atoms with Crippen LogP contribution in [0.5, 0.6) is 0 Å². The zero-order chi connectivity index (χ0) is 18.2. The molecule has 0 saturated heterocycles. The van der Waals surface area contributed by atoms with Crippen molar-refractivity contribution in [2.45, 2.75) is 12.3 Å². The number of para-hydroxylation sites is 2. The number of hydrogen-bond donors (Lipinski definition) is 1. The summed E-state index contributed by atoms with van der Waals surface area (Å²) in [5, 5.41) is 9.22. The van der Waals surface area contributed by atoms with Crippen molar-refractivity contribution in [1.82, 2.24) is 20.0 Å². The van der Waals surface area contributed by atoms with Crippen molar-refractivity contribution in [2.75, 3.05) is 0 Å². The standard InChI is InChI=1S/C21H16N4O2/c26-21(25-19-9-4-3-8-18(19)23-24-25)12-15(20-10-5-11-27-20)16-13-22-17-7-2-1-6-14(16)17/h1-11,13,15,22H,12H2. The van der Waals surface area contributed by atoms with E-state index in [1.165, 1.54) is 4.68 Å². The van der Waals surface area contributed by atoms with Gasteiger partial charge in [0.2, 0.25) is 5.91 Å². The van der Waals surface area contributed by atoms with Gasteiger partial charge in [-0.15, -0.1) is 5.10 Å². The molecule has 1 N–H and O–H groups in total. The number of carbonyl (C=O) groups excluding carboxylic acids is 1. The molecule has 3 heterocycles. The fourth-order valence-electron chi connectivity index (χ4n) is 3.55. The van der Waals surface area contributed by atoms with Crippen molar-refractivity contribution in [3.63, 3.8) is 0 Å². The maximum atomic E-state index is 13.1. The van der Waals surface area contributed by atoms with E-state index < -0.39 is 0 Å². The molecule has 3 aromatic heterocycles. The van der Waals surface area contributed by atoms with Crippen molar-refractivity contribution in [1.29, 1.82) is 0 Å². The lowest BCUT2D eigenvalue weighted by Gasteiger charge is -2.13. The van der Waals surface area contributed by atoms with Crippen LogP contribution in [-0.2, 0) is 0 Å². The summed E-state index contributed by atoms with van der Waals surface area (Å²) in [6.07, 6.45) is 3.81. The Morgan fingerprint density at radius 1 is 1.07 bits per heavy atom. The van der Waals surface area contributed by atoms with E-state index in [4.69, 9.17) is 4.42 Å². The highest BCUT2D eigenvalue weighted by atomic mass is 16.3. The predicted octanol–water partition coefficient (Wildman–Crippen LogP) is 4.37. The fraction of sp³-hybridized carbons (Fsp3) is 0.0952. The molecule has 0 bridgehead atoms. The van der Waals surface area contributed by atoms with Gasteiger partial charge in [-0.1, -0.05) is 35.5 Å². The highest BCUT2D eigenvalue weighted by Crippen LogP contribution is 2.34. The van der Waals surface area contributed by atoms with Gasteiger partial charge in [0.15, 0.2) is 0 Å². The third-order valence-corrected chi connectivity index (χ3v) is 4.85. The molecule has 2 aromatic carbocycles. The van der Waals surface area contributed by atoms with Gasteiger partial charge >= 0.3 is 0 Å². The second-order valence-corrected chi connectivity index (χ2v) is 6.45. The molecule has 5 rings (SSSR count). The first-order valence-electron chi connectivity index (χ1n) is 8.74. The highest BCUT2D eigenvalue weighted by Gasteiger charge is 2.25. The zero-order valence-corrected chi connectivity index (χ0v) is 14.4. The van der Waals surface area contributed by atoms with Crippen molar-refractivity contribution in [3.8, 4) is 0 Å². The number of rotatable bonds is 4. The summed E-state index contributed by atoms with van der Waals surface area (Å²) in [5.74, 6) is 0.402. The average Bonchev–Trinajstić information content (AvgIpc) is 3.45. The van der Waals surface area contributed by atoms with E-state index in [9.17, 15) is 4.79 Å². The van der Waals surface area contributed by atoms with E-state index in [1.54, 1.807) is 6.26 Å². The maximum absolute atomic E-state index is 13.1. The lowest BCUT2D eigenvalue weighted by molar-refractivity contribution is 0.0882. The van der Waals surface area contributed by atoms with E-state index in [2.05, 4.69) is 15.3 Å². The van der Waals surface area contributed by atoms with Gasteiger partial charge in [0.25, 0.3) is 0 Å². The van der Waals surface area contributed by atoms with Gasteiger partial charge in [0.1, 0.15) is 11.3 Å². The number of nitrogens with one attached hydrogen (secondary N) is 1. The van der Waals surface area contributed by atoms with E-state index in [-0.39, 0.29) is 18.2 Å². The van der Waals surface area contributed by atoms with E-state index >= 15 is 0 Å². The summed E-state index contributed by atoms with van der Waals surface area (Å²) >= 11 is 0. The Hall–Kier alpha value is -3.67. The monoisotopic (exact) mass is 356 g/mol. The van der Waals surface area contributed by atoms with Gasteiger partial charge in [-0.2, -0.15) is 4.68 Å². The fourth-order valence-corrected chi connectivity index (χ4v) is 3.55. The molecule has 6 nitrogen and oxygen atoms in total. The number of benzene rings is 2. The molecule has 0 amide bonds. The molecule has 1 unspecified atom stereocenters. The molecule has 27 heavy (non-hydrogen) atoms. The molecule has 0 aliphatic heterocycles. The minimum Gasteiger partial charge on any atom is -0.469 e. The van der Waals surface area contributed by atoms with Crippen LogP contribution in [0, 0.1) is 0 Å². The van der Waals surface area contributed by atoms with E-state index in [0.717, 1.165) is 22.2 Å². The summed E-state index contributed by atoms with van der Waals surface area (Å²) in [4.78, 5) is 16.3. The molecule has 0 spiro atoms. The first kappa shape index (κ1) is 15.6. The quantitative estimate of drug-likeness (QED) is 0.519. The Kier molecular flexibility index (Phi) is 3.60. The smallest absolute Gasteiger partial charge is 0.249 e. The number of aromatic nitrogens is 4. The van der Waals surface area contributed by atoms with Crippen LogP contribution < -0.4 is 0 Å². The number of fused-ring (bicyclic) bond motifs is 2. The third-order valence-electron chi connectivity index (χ3n) is 4.85. The molecular formula is C21H16N4O2. The lowest BCUT2D eigenvalue weighted by Crippen LogP contribution is -2.16. The molecule has 0 radical (unpaired) electrons. The van der Waals surface area contributed by atoms with E-state index in [0.29, 0.717) is 11.0 Å². The van der Waals surface area contributed by atoms with Crippen LogP contribution >= 0.6 is 0 Å². The minimum absolute atomic E-state index is 0.129. The summed E-state index contributed by atoms with van der Waals surface area (Å²) in [7, 11) is 0. The highest BCUT2D eigenvalue weighted by molar-refractivity contribution is 5.90. The van der Waals surface area contributed by atoms with Crippen LogP contribution in [0.15, 0.2) is 77.5 Å². The number of nitrogens with zero attached hydrogens (tertiary/aromatic N) is 3. The summed E-state index contributed by atoms with van der Waals surface area (Å²) in [6.45, 7) is 0. The summed E-state index contributed by atoms with van der Waals surface area (Å²) in [6, 6.07) is 19.2. The maximum Gasteiger partial charge on any atom is 0.249 e. The topological polar surface area (TPSA) is 76.7 Å². The molecular weight excluding hydrogens is 340 g/mol. The van der Waals surface area contributed by atoms with Gasteiger partial charge in [0, 0.05) is 23.5 Å². The Morgan fingerprint density at radius 2 is 1.93 bits per heavy atom. The number of aromatic amines is 1. The minimum atomic E-state index is -0.216. The van der Waals surface area contributed by atoms with Crippen molar-refractivity contribution in [2.24, 2.45) is 0 Å². The third kappa shape index (κ3) is 2.62. The lowest BCUT2D eigenvalue weighted by atomic mass is 9.92. The Balaban J connectivity index is 1.57. The van der Waals surface area contributed by atoms with Gasteiger partial charge in [0.05, 0.1) is 17.7 Å². The van der Waals surface area contributed by atoms with E-state index in [1.807, 2.05) is 66.9 Å². The van der Waals surface area contributed by atoms with Crippen LogP contribution in [0.1, 0.15) is 28.5 Å². The molecule has 0 saturated carbocycles. The molecule has 132 valence electrons. The SMILES string of the molecule is O=C(CC(c1ccco1)c1c[nH]c2ccccc12)n1nnc2ccccc21. The van der Waals surface area contributed by atoms with Crippen LogP contribution in [0.3, 0.4) is 0 Å². The van der Waals surface area contributed by atoms with Crippen molar-refractivity contribution >= 4 is 27.8 Å². The van der Waals surface area contributed by atoms with Crippen LogP contribution in [0.4, 0.5) is 0 Å². The molecule has 0 aliphatic rings. The summed E-state index contributed by atoms with van der Waals surface area (Å²) in [5.41, 5.74) is 3.47. The average molecular weight is 356 g/mol. The van der Waals surface area contributed by atoms with Gasteiger partial charge in [-0.05, 0) is 35.9 Å². The van der Waals surface area contributed by atoms with Crippen LogP contribution in [-0.4, -0.2) is 25.9 Å². The number of hydrogen-bond acceptors (Lipinski definition) is 4. The molecule has 0 fully saturated rings. The van der Waals surface area contributed by atoms with Crippen molar-refractivity contribution < 1.29 is 9.21 Å². The van der Waals surface area contributed by atoms with Crippen LogP contribution in [0.25, 0.3) is 21.9 Å². The Bertz CT molecular complexity index is 1230. The number of furan rings is 1. The second-order valence-electron chi connectivity index (χ2n) is 6.45. The number of H-pyrrole nitrogens is 1. The summed E-state index contributed by atoms with van der Waals surface area (Å²) < 4.78 is 7.04. The molecule has 5 aromatic rings. The van der Waals surface area contributed by atoms with Gasteiger partial charge in [-0.25, -0.2) is 0 Å². The Morgan fingerprint density at radius 3 is 2.81 bits per heavy atom. The van der Waals surface area contributed by atoms with Gasteiger partial charge in [-0.3, -0.25) is 4.79 Å². The largest absolute Gasteiger partial charge is 0.469 e. The molecule has 1 atom stereocenters. The Labute approximate surface area is 154 Å².